The number of nitrogens with two attached hydrogens (primary N) is 1. The van der Waals surface area contributed by atoms with Crippen molar-refractivity contribution in [1.82, 2.24) is 10.3 Å². The van der Waals surface area contributed by atoms with Gasteiger partial charge < -0.3 is 16.0 Å². The molecule has 130 valence electrons. The highest BCUT2D eigenvalue weighted by atomic mass is 35.5. The van der Waals surface area contributed by atoms with Crippen molar-refractivity contribution in [2.45, 2.75) is 44.2 Å². The van der Waals surface area contributed by atoms with Crippen LogP contribution < -0.4 is 16.0 Å². The van der Waals surface area contributed by atoms with Crippen molar-refractivity contribution in [1.29, 1.82) is 0 Å². The Bertz CT molecular complexity index is 480. The van der Waals surface area contributed by atoms with Crippen LogP contribution >= 0.6 is 24.8 Å². The third kappa shape index (κ3) is 5.23. The number of hydrogen-bond donors (Lipinski definition) is 2. The van der Waals surface area contributed by atoms with Crippen LogP contribution in [0.15, 0.2) is 24.4 Å². The fourth-order valence-electron chi connectivity index (χ4n) is 3.37. The minimum Gasteiger partial charge on any atom is -0.356 e. The summed E-state index contributed by atoms with van der Waals surface area (Å²) in [6, 6.07) is 6.50. The molecule has 23 heavy (non-hydrogen) atoms. The molecule has 2 aliphatic rings. The molecule has 0 bridgehead atoms. The number of nitrogens with one attached hydrogen (secondary N) is 1. The molecule has 1 aromatic rings. The molecule has 3 rings (SSSR count). The fourth-order valence-corrected chi connectivity index (χ4v) is 3.37. The fraction of sp³-hybridized carbons (Fsp3) is 0.625. The quantitative estimate of drug-likeness (QED) is 0.865. The van der Waals surface area contributed by atoms with Gasteiger partial charge in [0.25, 0.3) is 0 Å². The van der Waals surface area contributed by atoms with Crippen LogP contribution in [-0.2, 0) is 4.79 Å². The summed E-state index contributed by atoms with van der Waals surface area (Å²) in [5.41, 5.74) is 5.89. The first-order chi connectivity index (χ1) is 10.2. The Balaban J connectivity index is 0.00000132. The van der Waals surface area contributed by atoms with Crippen molar-refractivity contribution in [3.05, 3.63) is 24.4 Å². The van der Waals surface area contributed by atoms with Crippen molar-refractivity contribution >= 4 is 36.5 Å². The van der Waals surface area contributed by atoms with Gasteiger partial charge in [0.05, 0.1) is 0 Å². The molecule has 0 radical (unpaired) electrons. The topological polar surface area (TPSA) is 71.2 Å². The van der Waals surface area contributed by atoms with Crippen LogP contribution in [0.2, 0.25) is 0 Å². The lowest BCUT2D eigenvalue weighted by Crippen LogP contribution is -2.46. The molecule has 1 aliphatic heterocycles. The van der Waals surface area contributed by atoms with Crippen LogP contribution in [0.4, 0.5) is 5.82 Å². The highest BCUT2D eigenvalue weighted by molar-refractivity contribution is 5.85. The first kappa shape index (κ1) is 20.0. The summed E-state index contributed by atoms with van der Waals surface area (Å²) >= 11 is 0. The van der Waals surface area contributed by atoms with E-state index >= 15 is 0 Å². The average Bonchev–Trinajstić information content (AvgIpc) is 2.96. The van der Waals surface area contributed by atoms with E-state index in [4.69, 9.17) is 5.73 Å². The number of pyridine rings is 1. The van der Waals surface area contributed by atoms with E-state index in [1.807, 2.05) is 24.4 Å². The third-order valence-electron chi connectivity index (χ3n) is 4.66. The number of amides is 1. The van der Waals surface area contributed by atoms with Gasteiger partial charge >= 0.3 is 0 Å². The highest BCUT2D eigenvalue weighted by Crippen LogP contribution is 2.25. The maximum atomic E-state index is 12.2. The van der Waals surface area contributed by atoms with Crippen molar-refractivity contribution in [3.8, 4) is 0 Å². The van der Waals surface area contributed by atoms with E-state index in [0.717, 1.165) is 51.0 Å². The maximum absolute atomic E-state index is 12.2. The Morgan fingerprint density at radius 1 is 1.17 bits per heavy atom. The summed E-state index contributed by atoms with van der Waals surface area (Å²) in [4.78, 5) is 18.9. The molecular formula is C16H26Cl2N4O. The number of halogens is 2. The van der Waals surface area contributed by atoms with Crippen LogP contribution in [-0.4, -0.2) is 36.1 Å². The Morgan fingerprint density at radius 2 is 1.91 bits per heavy atom. The third-order valence-corrected chi connectivity index (χ3v) is 4.66. The standard InChI is InChI=1S/C16H24N4O.2ClH/c17-13-5-4-12(11-13)16(21)19-14-6-9-20(10-7-14)15-3-1-2-8-18-15;;/h1-3,8,12-14H,4-7,9-11,17H2,(H,19,21);2*1H. The molecule has 1 aromatic heterocycles. The zero-order chi connectivity index (χ0) is 14.7. The Kier molecular flexibility index (Phi) is 8.09. The molecule has 1 saturated carbocycles. The van der Waals surface area contributed by atoms with Crippen molar-refractivity contribution in [3.63, 3.8) is 0 Å². The summed E-state index contributed by atoms with van der Waals surface area (Å²) < 4.78 is 0. The second kappa shape index (κ2) is 9.30. The molecule has 2 atom stereocenters. The predicted molar refractivity (Wildman–Crippen MR) is 97.4 cm³/mol. The van der Waals surface area contributed by atoms with Gasteiger partial charge in [0.2, 0.25) is 5.91 Å². The Labute approximate surface area is 150 Å². The number of rotatable bonds is 3. The first-order valence-electron chi connectivity index (χ1n) is 7.94. The van der Waals surface area contributed by atoms with Gasteiger partial charge in [0.15, 0.2) is 0 Å². The zero-order valence-electron chi connectivity index (χ0n) is 13.2. The number of aromatic nitrogens is 1. The second-order valence-corrected chi connectivity index (χ2v) is 6.23. The Hall–Kier alpha value is -1.04. The molecule has 2 heterocycles. The Morgan fingerprint density at radius 3 is 2.48 bits per heavy atom. The van der Waals surface area contributed by atoms with Gasteiger partial charge in [-0.15, -0.1) is 24.8 Å². The second-order valence-electron chi connectivity index (χ2n) is 6.23. The van der Waals surface area contributed by atoms with Gasteiger partial charge in [-0.2, -0.15) is 0 Å². The van der Waals surface area contributed by atoms with Crippen LogP contribution in [0.5, 0.6) is 0 Å². The van der Waals surface area contributed by atoms with E-state index in [2.05, 4.69) is 15.2 Å². The van der Waals surface area contributed by atoms with E-state index < -0.39 is 0 Å². The van der Waals surface area contributed by atoms with Gasteiger partial charge in [-0.25, -0.2) is 4.98 Å². The number of anilines is 1. The molecule has 1 saturated heterocycles. The van der Waals surface area contributed by atoms with Crippen LogP contribution in [0.1, 0.15) is 32.1 Å². The van der Waals surface area contributed by atoms with Crippen LogP contribution in [0.25, 0.3) is 0 Å². The molecule has 7 heteroatoms. The minimum atomic E-state index is 0. The molecule has 2 fully saturated rings. The average molecular weight is 361 g/mol. The first-order valence-corrected chi connectivity index (χ1v) is 7.94. The number of carbonyl (C=O) groups is 1. The van der Waals surface area contributed by atoms with Crippen LogP contribution in [0.3, 0.4) is 0 Å². The van der Waals surface area contributed by atoms with Gasteiger partial charge in [-0.05, 0) is 44.2 Å². The molecule has 1 aliphatic carbocycles. The lowest BCUT2D eigenvalue weighted by atomic mass is 10.0. The van der Waals surface area contributed by atoms with Gasteiger partial charge in [0.1, 0.15) is 5.82 Å². The van der Waals surface area contributed by atoms with Crippen LogP contribution in [0, 0.1) is 5.92 Å². The summed E-state index contributed by atoms with van der Waals surface area (Å²) in [6.07, 6.45) is 6.57. The molecule has 3 N–H and O–H groups in total. The predicted octanol–water partition coefficient (Wildman–Crippen LogP) is 2.14. The highest BCUT2D eigenvalue weighted by Gasteiger charge is 2.30. The van der Waals surface area contributed by atoms with E-state index in [1.54, 1.807) is 0 Å². The summed E-state index contributed by atoms with van der Waals surface area (Å²) in [5.74, 6) is 1.37. The summed E-state index contributed by atoms with van der Waals surface area (Å²) in [6.45, 7) is 1.90. The molecular weight excluding hydrogens is 335 g/mol. The zero-order valence-corrected chi connectivity index (χ0v) is 14.8. The number of hydrogen-bond acceptors (Lipinski definition) is 4. The van der Waals surface area contributed by atoms with Crippen molar-refractivity contribution in [2.24, 2.45) is 11.7 Å². The lowest BCUT2D eigenvalue weighted by Gasteiger charge is -2.33. The van der Waals surface area contributed by atoms with E-state index in [-0.39, 0.29) is 42.7 Å². The normalized spacial score (nSPS) is 24.5. The van der Waals surface area contributed by atoms with E-state index in [0.29, 0.717) is 6.04 Å². The van der Waals surface area contributed by atoms with E-state index in [9.17, 15) is 4.79 Å². The number of piperidine rings is 1. The number of carbonyl (C=O) groups excluding carboxylic acids is 1. The van der Waals surface area contributed by atoms with Gasteiger partial charge in [-0.3, -0.25) is 4.79 Å². The van der Waals surface area contributed by atoms with Crippen molar-refractivity contribution in [2.75, 3.05) is 18.0 Å². The largest absolute Gasteiger partial charge is 0.356 e. The molecule has 0 spiro atoms. The summed E-state index contributed by atoms with van der Waals surface area (Å²) in [7, 11) is 0. The number of nitrogens with zero attached hydrogens (tertiary/aromatic N) is 2. The molecule has 5 nitrogen and oxygen atoms in total. The smallest absolute Gasteiger partial charge is 0.223 e. The monoisotopic (exact) mass is 360 g/mol. The maximum Gasteiger partial charge on any atom is 0.223 e. The SMILES string of the molecule is Cl.Cl.NC1CCC(C(=O)NC2CCN(c3ccccn3)CC2)C1. The van der Waals surface area contributed by atoms with E-state index in [1.165, 1.54) is 0 Å². The molecule has 0 aromatic carbocycles. The van der Waals surface area contributed by atoms with Gasteiger partial charge in [0, 0.05) is 37.3 Å². The molecule has 1 amide bonds. The minimum absolute atomic E-state index is 0. The lowest BCUT2D eigenvalue weighted by molar-refractivity contribution is -0.125. The summed E-state index contributed by atoms with van der Waals surface area (Å²) in [5, 5.41) is 3.21. The molecule has 2 unspecified atom stereocenters. The van der Waals surface area contributed by atoms with Crippen molar-refractivity contribution < 1.29 is 4.79 Å². The van der Waals surface area contributed by atoms with Gasteiger partial charge in [-0.1, -0.05) is 6.07 Å².